The monoisotopic (exact) mass is 245 g/mol. The first kappa shape index (κ1) is 12.0. The van der Waals surface area contributed by atoms with Crippen molar-refractivity contribution < 1.29 is 0 Å². The number of aryl methyl sites for hydroxylation is 2. The molecule has 0 spiro atoms. The number of nitrogens with zero attached hydrogens (tertiary/aromatic N) is 2. The minimum absolute atomic E-state index is 0.796. The fourth-order valence-electron chi connectivity index (χ4n) is 3.15. The molecule has 0 amide bonds. The van der Waals surface area contributed by atoms with Crippen molar-refractivity contribution in [2.24, 2.45) is 0 Å². The summed E-state index contributed by atoms with van der Waals surface area (Å²) in [4.78, 5) is 5.20. The smallest absolute Gasteiger partial charge is 0.0426 e. The average molecular weight is 245 g/mol. The maximum absolute atomic E-state index is 3.36. The molecule has 2 heterocycles. The summed E-state index contributed by atoms with van der Waals surface area (Å²) >= 11 is 0. The van der Waals surface area contributed by atoms with Crippen LogP contribution >= 0.6 is 0 Å². The van der Waals surface area contributed by atoms with Crippen LogP contribution in [0.3, 0.4) is 0 Å². The first-order valence-electron chi connectivity index (χ1n) is 7.01. The number of para-hydroxylation sites is 1. The van der Waals surface area contributed by atoms with Crippen molar-refractivity contribution in [3.8, 4) is 0 Å². The molecular weight excluding hydrogens is 222 g/mol. The van der Waals surface area contributed by atoms with Gasteiger partial charge in [0, 0.05) is 51.0 Å². The third kappa shape index (κ3) is 2.13. The van der Waals surface area contributed by atoms with Crippen LogP contribution in [0.1, 0.15) is 11.1 Å². The molecule has 3 rings (SSSR count). The average Bonchev–Trinajstić information content (AvgIpc) is 2.29. The van der Waals surface area contributed by atoms with Gasteiger partial charge in [-0.25, -0.2) is 0 Å². The van der Waals surface area contributed by atoms with E-state index in [-0.39, 0.29) is 0 Å². The molecule has 0 radical (unpaired) electrons. The van der Waals surface area contributed by atoms with Crippen LogP contribution in [-0.4, -0.2) is 50.2 Å². The van der Waals surface area contributed by atoms with Gasteiger partial charge in [0.2, 0.25) is 0 Å². The Morgan fingerprint density at radius 1 is 1.00 bits per heavy atom. The summed E-state index contributed by atoms with van der Waals surface area (Å²) < 4.78 is 0. The SMILES string of the molecule is Cc1cccc(C)c1N1CCN(C2CNC2)CC1. The van der Waals surface area contributed by atoms with E-state index < -0.39 is 0 Å². The fraction of sp³-hybridized carbons (Fsp3) is 0.600. The molecule has 0 aliphatic carbocycles. The van der Waals surface area contributed by atoms with Gasteiger partial charge in [-0.1, -0.05) is 18.2 Å². The highest BCUT2D eigenvalue weighted by molar-refractivity contribution is 5.59. The van der Waals surface area contributed by atoms with Crippen LogP contribution in [0.5, 0.6) is 0 Å². The zero-order valence-electron chi connectivity index (χ0n) is 11.4. The topological polar surface area (TPSA) is 18.5 Å². The molecule has 1 aromatic carbocycles. The summed E-state index contributed by atoms with van der Waals surface area (Å²) in [6.07, 6.45) is 0. The van der Waals surface area contributed by atoms with Gasteiger partial charge in [-0.2, -0.15) is 0 Å². The minimum atomic E-state index is 0.796. The van der Waals surface area contributed by atoms with Crippen molar-refractivity contribution >= 4 is 5.69 Å². The fourth-order valence-corrected chi connectivity index (χ4v) is 3.15. The maximum atomic E-state index is 3.36. The number of benzene rings is 1. The van der Waals surface area contributed by atoms with Crippen molar-refractivity contribution in [1.29, 1.82) is 0 Å². The Morgan fingerprint density at radius 3 is 2.11 bits per heavy atom. The van der Waals surface area contributed by atoms with Crippen LogP contribution in [0.2, 0.25) is 0 Å². The summed E-state index contributed by atoms with van der Waals surface area (Å²) in [5.74, 6) is 0. The Hall–Kier alpha value is -1.06. The van der Waals surface area contributed by atoms with Gasteiger partial charge in [0.05, 0.1) is 0 Å². The Morgan fingerprint density at radius 2 is 1.61 bits per heavy atom. The summed E-state index contributed by atoms with van der Waals surface area (Å²) in [5, 5.41) is 3.36. The summed E-state index contributed by atoms with van der Waals surface area (Å²) in [5.41, 5.74) is 4.28. The highest BCUT2D eigenvalue weighted by Gasteiger charge is 2.28. The molecular formula is C15H23N3. The Balaban J connectivity index is 1.68. The Bertz CT molecular complexity index is 397. The van der Waals surface area contributed by atoms with Gasteiger partial charge >= 0.3 is 0 Å². The third-order valence-corrected chi connectivity index (χ3v) is 4.35. The lowest BCUT2D eigenvalue weighted by atomic mass is 10.1. The van der Waals surface area contributed by atoms with Crippen molar-refractivity contribution in [2.45, 2.75) is 19.9 Å². The normalized spacial score (nSPS) is 22.0. The van der Waals surface area contributed by atoms with E-state index in [1.165, 1.54) is 56.1 Å². The van der Waals surface area contributed by atoms with Gasteiger partial charge < -0.3 is 10.2 Å². The number of piperazine rings is 1. The Labute approximate surface area is 110 Å². The molecule has 3 nitrogen and oxygen atoms in total. The number of anilines is 1. The molecule has 2 saturated heterocycles. The number of hydrogen-bond acceptors (Lipinski definition) is 3. The van der Waals surface area contributed by atoms with E-state index in [4.69, 9.17) is 0 Å². The molecule has 2 aliphatic rings. The predicted molar refractivity (Wildman–Crippen MR) is 76.4 cm³/mol. The lowest BCUT2D eigenvalue weighted by Gasteiger charge is -2.44. The molecule has 0 aromatic heterocycles. The van der Waals surface area contributed by atoms with Gasteiger partial charge in [-0.3, -0.25) is 4.90 Å². The van der Waals surface area contributed by atoms with Gasteiger partial charge in [0.15, 0.2) is 0 Å². The van der Waals surface area contributed by atoms with E-state index in [1.807, 2.05) is 0 Å². The molecule has 18 heavy (non-hydrogen) atoms. The second-order valence-corrected chi connectivity index (χ2v) is 5.58. The molecule has 0 bridgehead atoms. The summed E-state index contributed by atoms with van der Waals surface area (Å²) in [6, 6.07) is 7.41. The molecule has 3 heteroatoms. The standard InChI is InChI=1S/C15H23N3/c1-12-4-3-5-13(2)15(12)18-8-6-17(7-9-18)14-10-16-11-14/h3-5,14,16H,6-11H2,1-2H3. The van der Waals surface area contributed by atoms with E-state index >= 15 is 0 Å². The quantitative estimate of drug-likeness (QED) is 0.849. The van der Waals surface area contributed by atoms with E-state index in [0.717, 1.165) is 6.04 Å². The minimum Gasteiger partial charge on any atom is -0.369 e. The molecule has 0 unspecified atom stereocenters. The molecule has 2 fully saturated rings. The van der Waals surface area contributed by atoms with Gasteiger partial charge in [-0.15, -0.1) is 0 Å². The number of rotatable bonds is 2. The number of nitrogens with one attached hydrogen (secondary N) is 1. The van der Waals surface area contributed by atoms with E-state index in [2.05, 4.69) is 47.2 Å². The van der Waals surface area contributed by atoms with Crippen molar-refractivity contribution in [3.05, 3.63) is 29.3 Å². The van der Waals surface area contributed by atoms with Gasteiger partial charge in [0.1, 0.15) is 0 Å². The first-order valence-corrected chi connectivity index (χ1v) is 7.01. The molecule has 2 aliphatic heterocycles. The zero-order valence-corrected chi connectivity index (χ0v) is 11.4. The second kappa shape index (κ2) is 4.90. The summed E-state index contributed by atoms with van der Waals surface area (Å²) in [6.45, 7) is 11.6. The van der Waals surface area contributed by atoms with Crippen LogP contribution in [0.25, 0.3) is 0 Å². The molecule has 98 valence electrons. The highest BCUT2D eigenvalue weighted by atomic mass is 15.3. The van der Waals surface area contributed by atoms with E-state index in [1.54, 1.807) is 0 Å². The molecule has 0 atom stereocenters. The van der Waals surface area contributed by atoms with E-state index in [0.29, 0.717) is 0 Å². The zero-order chi connectivity index (χ0) is 12.5. The highest BCUT2D eigenvalue weighted by Crippen LogP contribution is 2.26. The van der Waals surface area contributed by atoms with Crippen molar-refractivity contribution in [1.82, 2.24) is 10.2 Å². The lowest BCUT2D eigenvalue weighted by Crippen LogP contribution is -2.61. The Kier molecular flexibility index (Phi) is 3.27. The van der Waals surface area contributed by atoms with Crippen molar-refractivity contribution in [3.63, 3.8) is 0 Å². The third-order valence-electron chi connectivity index (χ3n) is 4.35. The van der Waals surface area contributed by atoms with Crippen LogP contribution in [0, 0.1) is 13.8 Å². The maximum Gasteiger partial charge on any atom is 0.0426 e. The van der Waals surface area contributed by atoms with Crippen LogP contribution < -0.4 is 10.2 Å². The predicted octanol–water partition coefficient (Wildman–Crippen LogP) is 1.40. The van der Waals surface area contributed by atoms with Crippen LogP contribution in [-0.2, 0) is 0 Å². The molecule has 0 saturated carbocycles. The second-order valence-electron chi connectivity index (χ2n) is 5.58. The molecule has 1 N–H and O–H groups in total. The summed E-state index contributed by atoms with van der Waals surface area (Å²) in [7, 11) is 0. The van der Waals surface area contributed by atoms with Crippen molar-refractivity contribution in [2.75, 3.05) is 44.2 Å². The number of hydrogen-bond donors (Lipinski definition) is 1. The lowest BCUT2D eigenvalue weighted by molar-refractivity contribution is 0.138. The largest absolute Gasteiger partial charge is 0.369 e. The molecule has 1 aromatic rings. The van der Waals surface area contributed by atoms with Gasteiger partial charge in [0.25, 0.3) is 0 Å². The van der Waals surface area contributed by atoms with E-state index in [9.17, 15) is 0 Å². The van der Waals surface area contributed by atoms with Crippen LogP contribution in [0.15, 0.2) is 18.2 Å². The first-order chi connectivity index (χ1) is 8.75. The van der Waals surface area contributed by atoms with Gasteiger partial charge in [-0.05, 0) is 25.0 Å². The van der Waals surface area contributed by atoms with Crippen LogP contribution in [0.4, 0.5) is 5.69 Å².